The molecule has 0 saturated carbocycles. The van der Waals surface area contributed by atoms with E-state index >= 15 is 0 Å². The van der Waals surface area contributed by atoms with Gasteiger partial charge in [-0.05, 0) is 42.0 Å². The van der Waals surface area contributed by atoms with Gasteiger partial charge in [0.25, 0.3) is 0 Å². The minimum Gasteiger partial charge on any atom is -0.271 e. The van der Waals surface area contributed by atoms with Crippen LogP contribution < -0.4 is 11.3 Å². The Kier molecular flexibility index (Phi) is 5.60. The molecule has 0 heterocycles. The Morgan fingerprint density at radius 1 is 1.00 bits per heavy atom. The van der Waals surface area contributed by atoms with Gasteiger partial charge in [-0.1, -0.05) is 61.0 Å². The number of hydrogen-bond acceptors (Lipinski definition) is 2. The standard InChI is InChI=1S/C17H21ClN2/c1-2-13-7-9-14(10-8-13)11-16(20-19)12-15-5-3-4-6-17(15)18/h3-10,16,20H,2,11-12,19H2,1H3. The van der Waals surface area contributed by atoms with Crippen molar-refractivity contribution in [3.05, 3.63) is 70.2 Å². The van der Waals surface area contributed by atoms with Gasteiger partial charge in [-0.25, -0.2) is 0 Å². The average molecular weight is 289 g/mol. The second-order valence-corrected chi connectivity index (χ2v) is 5.44. The van der Waals surface area contributed by atoms with E-state index in [1.54, 1.807) is 0 Å². The zero-order chi connectivity index (χ0) is 14.4. The quantitative estimate of drug-likeness (QED) is 0.630. The maximum absolute atomic E-state index is 6.20. The van der Waals surface area contributed by atoms with Crippen molar-refractivity contribution in [2.75, 3.05) is 0 Å². The van der Waals surface area contributed by atoms with E-state index in [2.05, 4.69) is 36.6 Å². The lowest BCUT2D eigenvalue weighted by molar-refractivity contribution is 0.522. The molecular formula is C17H21ClN2. The van der Waals surface area contributed by atoms with Crippen molar-refractivity contribution in [3.63, 3.8) is 0 Å². The largest absolute Gasteiger partial charge is 0.271 e. The van der Waals surface area contributed by atoms with Crippen LogP contribution in [-0.2, 0) is 19.3 Å². The van der Waals surface area contributed by atoms with Gasteiger partial charge < -0.3 is 0 Å². The van der Waals surface area contributed by atoms with Crippen LogP contribution in [0.4, 0.5) is 0 Å². The molecule has 106 valence electrons. The van der Waals surface area contributed by atoms with E-state index in [1.165, 1.54) is 11.1 Å². The third-order valence-electron chi connectivity index (χ3n) is 3.57. The van der Waals surface area contributed by atoms with Gasteiger partial charge in [0.05, 0.1) is 0 Å². The first kappa shape index (κ1) is 15.0. The van der Waals surface area contributed by atoms with Gasteiger partial charge in [0, 0.05) is 11.1 Å². The summed E-state index contributed by atoms with van der Waals surface area (Å²) in [5, 5.41) is 0.800. The fourth-order valence-electron chi connectivity index (χ4n) is 2.31. The molecule has 20 heavy (non-hydrogen) atoms. The first-order valence-corrected chi connectivity index (χ1v) is 7.38. The topological polar surface area (TPSA) is 38.0 Å². The van der Waals surface area contributed by atoms with Crippen LogP contribution in [0.3, 0.4) is 0 Å². The lowest BCUT2D eigenvalue weighted by Crippen LogP contribution is -2.38. The molecule has 0 radical (unpaired) electrons. The van der Waals surface area contributed by atoms with Gasteiger partial charge in [0.15, 0.2) is 0 Å². The van der Waals surface area contributed by atoms with Gasteiger partial charge >= 0.3 is 0 Å². The predicted octanol–water partition coefficient (Wildman–Crippen LogP) is 3.52. The minimum atomic E-state index is 0.183. The number of benzene rings is 2. The fourth-order valence-corrected chi connectivity index (χ4v) is 2.53. The molecule has 2 nitrogen and oxygen atoms in total. The molecule has 0 aliphatic heterocycles. The molecule has 0 bridgehead atoms. The maximum Gasteiger partial charge on any atom is 0.0438 e. The number of nitrogens with one attached hydrogen (secondary N) is 1. The fraction of sp³-hybridized carbons (Fsp3) is 0.294. The zero-order valence-electron chi connectivity index (χ0n) is 11.8. The van der Waals surface area contributed by atoms with Crippen molar-refractivity contribution in [1.82, 2.24) is 5.43 Å². The number of halogens is 1. The van der Waals surface area contributed by atoms with E-state index in [0.717, 1.165) is 29.8 Å². The molecule has 0 saturated heterocycles. The molecule has 0 aromatic heterocycles. The second kappa shape index (κ2) is 7.44. The molecule has 0 aliphatic rings. The first-order valence-electron chi connectivity index (χ1n) is 7.00. The summed E-state index contributed by atoms with van der Waals surface area (Å²) in [5.41, 5.74) is 6.67. The highest BCUT2D eigenvalue weighted by Crippen LogP contribution is 2.18. The number of aryl methyl sites for hydroxylation is 1. The van der Waals surface area contributed by atoms with Gasteiger partial charge in [0.1, 0.15) is 0 Å². The van der Waals surface area contributed by atoms with Gasteiger partial charge in [-0.15, -0.1) is 0 Å². The van der Waals surface area contributed by atoms with E-state index < -0.39 is 0 Å². The Balaban J connectivity index is 2.03. The monoisotopic (exact) mass is 288 g/mol. The summed E-state index contributed by atoms with van der Waals surface area (Å²) >= 11 is 6.20. The summed E-state index contributed by atoms with van der Waals surface area (Å²) in [5.74, 6) is 5.68. The smallest absolute Gasteiger partial charge is 0.0438 e. The third kappa shape index (κ3) is 4.07. The van der Waals surface area contributed by atoms with Crippen LogP contribution in [0.2, 0.25) is 5.02 Å². The molecular weight excluding hydrogens is 268 g/mol. The van der Waals surface area contributed by atoms with Crippen LogP contribution >= 0.6 is 11.6 Å². The third-order valence-corrected chi connectivity index (χ3v) is 3.94. The van der Waals surface area contributed by atoms with Crippen LogP contribution in [0, 0.1) is 0 Å². The highest BCUT2D eigenvalue weighted by atomic mass is 35.5. The van der Waals surface area contributed by atoms with Gasteiger partial charge in [-0.3, -0.25) is 11.3 Å². The SMILES string of the molecule is CCc1ccc(CC(Cc2ccccc2Cl)NN)cc1. The second-order valence-electron chi connectivity index (χ2n) is 5.03. The lowest BCUT2D eigenvalue weighted by Gasteiger charge is -2.17. The molecule has 2 aromatic rings. The summed E-state index contributed by atoms with van der Waals surface area (Å²) in [4.78, 5) is 0. The molecule has 1 atom stereocenters. The number of rotatable bonds is 6. The first-order chi connectivity index (χ1) is 9.72. The van der Waals surface area contributed by atoms with Crippen LogP contribution in [0.15, 0.2) is 48.5 Å². The molecule has 0 fully saturated rings. The molecule has 0 spiro atoms. The molecule has 1 unspecified atom stereocenters. The number of nitrogens with two attached hydrogens (primary N) is 1. The number of hydrazine groups is 1. The van der Waals surface area contributed by atoms with Crippen molar-refractivity contribution >= 4 is 11.6 Å². The molecule has 0 aliphatic carbocycles. The van der Waals surface area contributed by atoms with E-state index in [4.69, 9.17) is 17.4 Å². The van der Waals surface area contributed by atoms with Crippen molar-refractivity contribution in [2.45, 2.75) is 32.2 Å². The molecule has 0 amide bonds. The molecule has 3 heteroatoms. The highest BCUT2D eigenvalue weighted by molar-refractivity contribution is 6.31. The van der Waals surface area contributed by atoms with Crippen LogP contribution in [0.25, 0.3) is 0 Å². The Morgan fingerprint density at radius 2 is 1.65 bits per heavy atom. The van der Waals surface area contributed by atoms with Crippen LogP contribution in [0.5, 0.6) is 0 Å². The van der Waals surface area contributed by atoms with Crippen molar-refractivity contribution in [1.29, 1.82) is 0 Å². The van der Waals surface area contributed by atoms with E-state index in [1.807, 2.05) is 24.3 Å². The lowest BCUT2D eigenvalue weighted by atomic mass is 9.98. The molecule has 2 rings (SSSR count). The van der Waals surface area contributed by atoms with Crippen LogP contribution in [-0.4, -0.2) is 6.04 Å². The number of hydrogen-bond donors (Lipinski definition) is 2. The van der Waals surface area contributed by atoms with Gasteiger partial charge in [-0.2, -0.15) is 0 Å². The van der Waals surface area contributed by atoms with Crippen LogP contribution in [0.1, 0.15) is 23.6 Å². The van der Waals surface area contributed by atoms with Gasteiger partial charge in [0.2, 0.25) is 0 Å². The summed E-state index contributed by atoms with van der Waals surface area (Å²) in [6, 6.07) is 16.8. The van der Waals surface area contributed by atoms with E-state index in [-0.39, 0.29) is 6.04 Å². The van der Waals surface area contributed by atoms with E-state index in [0.29, 0.717) is 0 Å². The summed E-state index contributed by atoms with van der Waals surface area (Å²) in [7, 11) is 0. The minimum absolute atomic E-state index is 0.183. The maximum atomic E-state index is 6.20. The Hall–Kier alpha value is -1.35. The summed E-state index contributed by atoms with van der Waals surface area (Å²) in [6.07, 6.45) is 2.79. The summed E-state index contributed by atoms with van der Waals surface area (Å²) < 4.78 is 0. The normalized spacial score (nSPS) is 12.3. The van der Waals surface area contributed by atoms with Crippen molar-refractivity contribution in [3.8, 4) is 0 Å². The summed E-state index contributed by atoms with van der Waals surface area (Å²) in [6.45, 7) is 2.16. The van der Waals surface area contributed by atoms with Crippen molar-refractivity contribution < 1.29 is 0 Å². The molecule has 3 N–H and O–H groups in total. The Labute approximate surface area is 125 Å². The highest BCUT2D eigenvalue weighted by Gasteiger charge is 2.10. The zero-order valence-corrected chi connectivity index (χ0v) is 12.5. The van der Waals surface area contributed by atoms with Crippen molar-refractivity contribution in [2.24, 2.45) is 5.84 Å². The Morgan fingerprint density at radius 3 is 2.25 bits per heavy atom. The Bertz CT molecular complexity index is 537. The average Bonchev–Trinajstić information content (AvgIpc) is 2.49. The molecule has 2 aromatic carbocycles. The predicted molar refractivity (Wildman–Crippen MR) is 85.8 cm³/mol. The van der Waals surface area contributed by atoms with E-state index in [9.17, 15) is 0 Å².